The van der Waals surface area contributed by atoms with Crippen molar-refractivity contribution in [3.05, 3.63) is 55.1 Å². The Kier molecular flexibility index (Phi) is 4.85. The summed E-state index contributed by atoms with van der Waals surface area (Å²) in [7, 11) is -4.52. The minimum atomic E-state index is -4.52. The second-order valence-electron chi connectivity index (χ2n) is 7.18. The number of nitrogens with zero attached hydrogens (tertiary/aromatic N) is 4. The molecule has 0 radical (unpaired) electrons. The second-order valence-corrected chi connectivity index (χ2v) is 8.42. The SMILES string of the molecule is O=P(O)(O)OC[C@@H]1CC[C@H](n2cnc3c(-c4ccc5ccccc5c4)ncnc32)O1. The summed E-state index contributed by atoms with van der Waals surface area (Å²) in [6.07, 6.45) is 3.72. The molecule has 10 heteroatoms. The van der Waals surface area contributed by atoms with E-state index in [-0.39, 0.29) is 12.8 Å². The van der Waals surface area contributed by atoms with Crippen molar-refractivity contribution in [3.8, 4) is 11.3 Å². The van der Waals surface area contributed by atoms with Gasteiger partial charge < -0.3 is 14.5 Å². The van der Waals surface area contributed by atoms with E-state index in [1.807, 2.05) is 22.8 Å². The zero-order valence-corrected chi connectivity index (χ0v) is 16.7. The van der Waals surface area contributed by atoms with Gasteiger partial charge in [0.15, 0.2) is 5.65 Å². The van der Waals surface area contributed by atoms with Crippen LogP contribution in [0.15, 0.2) is 55.1 Å². The van der Waals surface area contributed by atoms with Gasteiger partial charge in [-0.2, -0.15) is 0 Å². The fourth-order valence-electron chi connectivity index (χ4n) is 3.80. The quantitative estimate of drug-likeness (QED) is 0.466. The van der Waals surface area contributed by atoms with Crippen molar-refractivity contribution >= 4 is 29.8 Å². The number of aromatic nitrogens is 4. The van der Waals surface area contributed by atoms with Crippen molar-refractivity contribution in [3.63, 3.8) is 0 Å². The standard InChI is InChI=1S/C20H19N4O5P/c25-30(26,27)28-10-16-7-8-17(29-16)24-12-23-19-18(21-11-22-20(19)24)15-6-5-13-3-1-2-4-14(13)9-15/h1-6,9,11-12,16-17H,7-8,10H2,(H2,25,26,27)/t16-,17+/m0/s1. The molecule has 5 rings (SSSR count). The van der Waals surface area contributed by atoms with Gasteiger partial charge in [-0.15, -0.1) is 0 Å². The van der Waals surface area contributed by atoms with E-state index in [0.29, 0.717) is 24.0 Å². The summed E-state index contributed by atoms with van der Waals surface area (Å²) in [4.78, 5) is 31.1. The van der Waals surface area contributed by atoms with E-state index in [9.17, 15) is 4.57 Å². The van der Waals surface area contributed by atoms with Crippen LogP contribution in [0, 0.1) is 0 Å². The highest BCUT2D eigenvalue weighted by molar-refractivity contribution is 7.46. The highest BCUT2D eigenvalue weighted by Gasteiger charge is 2.30. The van der Waals surface area contributed by atoms with Crippen molar-refractivity contribution in [2.24, 2.45) is 0 Å². The van der Waals surface area contributed by atoms with Gasteiger partial charge in [-0.05, 0) is 29.7 Å². The van der Waals surface area contributed by atoms with Crippen LogP contribution in [0.25, 0.3) is 33.2 Å². The molecule has 0 unspecified atom stereocenters. The molecule has 0 bridgehead atoms. The van der Waals surface area contributed by atoms with Gasteiger partial charge >= 0.3 is 7.82 Å². The Bertz CT molecular complexity index is 1270. The highest BCUT2D eigenvalue weighted by Crippen LogP contribution is 2.38. The molecule has 4 aromatic rings. The maximum Gasteiger partial charge on any atom is 0.469 e. The molecule has 3 heterocycles. The molecule has 1 aliphatic rings. The van der Waals surface area contributed by atoms with E-state index in [0.717, 1.165) is 22.0 Å². The first-order valence-corrected chi connectivity index (χ1v) is 11.0. The lowest BCUT2D eigenvalue weighted by Crippen LogP contribution is -2.16. The molecular formula is C20H19N4O5P. The molecule has 1 saturated heterocycles. The fourth-order valence-corrected chi connectivity index (χ4v) is 4.17. The predicted molar refractivity (Wildman–Crippen MR) is 109 cm³/mol. The summed E-state index contributed by atoms with van der Waals surface area (Å²) < 4.78 is 23.2. The maximum atomic E-state index is 10.9. The van der Waals surface area contributed by atoms with E-state index in [4.69, 9.17) is 14.5 Å². The third kappa shape index (κ3) is 3.74. The third-order valence-corrected chi connectivity index (χ3v) is 5.69. The Morgan fingerprint density at radius 1 is 1.10 bits per heavy atom. The number of phosphoric acid groups is 1. The van der Waals surface area contributed by atoms with Crippen LogP contribution in [-0.2, 0) is 13.8 Å². The number of phosphoric ester groups is 1. The largest absolute Gasteiger partial charge is 0.469 e. The summed E-state index contributed by atoms with van der Waals surface area (Å²) in [6.45, 7) is -0.162. The maximum absolute atomic E-state index is 10.9. The van der Waals surface area contributed by atoms with Gasteiger partial charge in [0.05, 0.1) is 19.0 Å². The molecule has 2 aromatic heterocycles. The van der Waals surface area contributed by atoms with Crippen LogP contribution in [0.5, 0.6) is 0 Å². The average molecular weight is 426 g/mol. The minimum absolute atomic E-state index is 0.162. The van der Waals surface area contributed by atoms with Gasteiger partial charge in [-0.25, -0.2) is 19.5 Å². The molecule has 2 aromatic carbocycles. The fraction of sp³-hybridized carbons (Fsp3) is 0.250. The number of hydrogen-bond acceptors (Lipinski definition) is 6. The molecule has 9 nitrogen and oxygen atoms in total. The van der Waals surface area contributed by atoms with E-state index < -0.39 is 13.9 Å². The minimum Gasteiger partial charge on any atom is -0.352 e. The number of hydrogen-bond donors (Lipinski definition) is 2. The van der Waals surface area contributed by atoms with Gasteiger partial charge in [0.25, 0.3) is 0 Å². The van der Waals surface area contributed by atoms with Crippen LogP contribution >= 0.6 is 7.82 Å². The Morgan fingerprint density at radius 2 is 1.93 bits per heavy atom. The highest BCUT2D eigenvalue weighted by atomic mass is 31.2. The zero-order chi connectivity index (χ0) is 20.7. The molecule has 2 atom stereocenters. The van der Waals surface area contributed by atoms with Crippen molar-refractivity contribution in [1.82, 2.24) is 19.5 Å². The number of imidazole rings is 1. The van der Waals surface area contributed by atoms with Crippen LogP contribution in [0.1, 0.15) is 19.1 Å². The number of rotatable bonds is 5. The summed E-state index contributed by atoms with van der Waals surface area (Å²) in [5, 5.41) is 2.27. The summed E-state index contributed by atoms with van der Waals surface area (Å²) in [6, 6.07) is 14.3. The Morgan fingerprint density at radius 3 is 2.77 bits per heavy atom. The van der Waals surface area contributed by atoms with Gasteiger partial charge in [0.1, 0.15) is 23.8 Å². The topological polar surface area (TPSA) is 120 Å². The first-order valence-electron chi connectivity index (χ1n) is 9.50. The zero-order valence-electron chi connectivity index (χ0n) is 15.8. The van der Waals surface area contributed by atoms with Crippen molar-refractivity contribution in [2.75, 3.05) is 6.61 Å². The molecule has 1 fully saturated rings. The smallest absolute Gasteiger partial charge is 0.352 e. The number of benzene rings is 2. The summed E-state index contributed by atoms with van der Waals surface area (Å²) >= 11 is 0. The lowest BCUT2D eigenvalue weighted by molar-refractivity contribution is -0.0205. The average Bonchev–Trinajstić information content (AvgIpc) is 3.38. The first kappa shape index (κ1) is 19.3. The molecule has 0 amide bonds. The van der Waals surface area contributed by atoms with Crippen molar-refractivity contribution in [2.45, 2.75) is 25.2 Å². The molecule has 154 valence electrons. The molecule has 2 N–H and O–H groups in total. The molecule has 0 spiro atoms. The normalized spacial score (nSPS) is 19.7. The van der Waals surface area contributed by atoms with Crippen LogP contribution in [0.4, 0.5) is 0 Å². The Labute approximate surface area is 171 Å². The Balaban J connectivity index is 1.44. The van der Waals surface area contributed by atoms with Crippen molar-refractivity contribution in [1.29, 1.82) is 0 Å². The van der Waals surface area contributed by atoms with Crippen LogP contribution < -0.4 is 0 Å². The van der Waals surface area contributed by atoms with E-state index >= 15 is 0 Å². The number of ether oxygens (including phenoxy) is 1. The van der Waals surface area contributed by atoms with Gasteiger partial charge in [-0.3, -0.25) is 9.09 Å². The lowest BCUT2D eigenvalue weighted by atomic mass is 10.0. The first-order chi connectivity index (χ1) is 14.5. The van der Waals surface area contributed by atoms with E-state index in [1.54, 1.807) is 6.33 Å². The molecular weight excluding hydrogens is 407 g/mol. The van der Waals surface area contributed by atoms with E-state index in [2.05, 4.69) is 43.7 Å². The van der Waals surface area contributed by atoms with Crippen LogP contribution in [0.2, 0.25) is 0 Å². The second kappa shape index (κ2) is 7.54. The summed E-state index contributed by atoms with van der Waals surface area (Å²) in [5.41, 5.74) is 3.01. The van der Waals surface area contributed by atoms with Gasteiger partial charge in [0.2, 0.25) is 0 Å². The predicted octanol–water partition coefficient (Wildman–Crippen LogP) is 3.43. The van der Waals surface area contributed by atoms with Gasteiger partial charge in [-0.1, -0.05) is 36.4 Å². The van der Waals surface area contributed by atoms with Gasteiger partial charge in [0, 0.05) is 5.56 Å². The molecule has 0 aliphatic carbocycles. The molecule has 1 aliphatic heterocycles. The molecule has 30 heavy (non-hydrogen) atoms. The Hall–Kier alpha value is -2.68. The van der Waals surface area contributed by atoms with Crippen molar-refractivity contribution < 1.29 is 23.6 Å². The van der Waals surface area contributed by atoms with E-state index in [1.165, 1.54) is 6.33 Å². The van der Waals surface area contributed by atoms with Crippen LogP contribution in [0.3, 0.4) is 0 Å². The lowest BCUT2D eigenvalue weighted by Gasteiger charge is -2.15. The third-order valence-electron chi connectivity index (χ3n) is 5.21. The monoisotopic (exact) mass is 426 g/mol. The number of fused-ring (bicyclic) bond motifs is 2. The van der Waals surface area contributed by atoms with Crippen LogP contribution in [-0.4, -0.2) is 42.0 Å². The summed E-state index contributed by atoms with van der Waals surface area (Å²) in [5.74, 6) is 0. The molecule has 0 saturated carbocycles.